The molecule has 0 radical (unpaired) electrons. The topological polar surface area (TPSA) is 72.2 Å². The van der Waals surface area contributed by atoms with Gasteiger partial charge in [-0.2, -0.15) is 0 Å². The molecule has 1 aromatic carbocycles. The first-order valence-electron chi connectivity index (χ1n) is 6.60. The molecule has 3 N–H and O–H groups in total. The molecular weight excluding hydrogens is 286 g/mol. The summed E-state index contributed by atoms with van der Waals surface area (Å²) in [5, 5.41) is 0. The fourth-order valence-electron chi connectivity index (χ4n) is 2.43. The summed E-state index contributed by atoms with van der Waals surface area (Å²) in [6.45, 7) is 0.225. The lowest BCUT2D eigenvalue weighted by atomic mass is 9.85. The Labute approximate surface area is 117 Å². The Hall–Kier alpha value is -1.05. The molecule has 1 aliphatic carbocycles. The SMILES string of the molecule is NC1CCCCC1CNS(=O)(=O)c1ccc(F)c(F)c1. The predicted molar refractivity (Wildman–Crippen MR) is 71.5 cm³/mol. The van der Waals surface area contributed by atoms with Crippen LogP contribution in [-0.2, 0) is 10.0 Å². The highest BCUT2D eigenvalue weighted by atomic mass is 32.2. The molecule has 0 spiro atoms. The number of nitrogens with one attached hydrogen (secondary N) is 1. The number of sulfonamides is 1. The van der Waals surface area contributed by atoms with Crippen molar-refractivity contribution in [1.29, 1.82) is 0 Å². The predicted octanol–water partition coefficient (Wildman–Crippen LogP) is 1.76. The molecule has 0 amide bonds. The molecular formula is C13H18F2N2O2S. The minimum absolute atomic E-state index is 0.0172. The molecule has 2 rings (SSSR count). The van der Waals surface area contributed by atoms with E-state index in [1.165, 1.54) is 0 Å². The lowest BCUT2D eigenvalue weighted by molar-refractivity contribution is 0.308. The van der Waals surface area contributed by atoms with Crippen molar-refractivity contribution in [2.24, 2.45) is 11.7 Å². The smallest absolute Gasteiger partial charge is 0.240 e. The van der Waals surface area contributed by atoms with Crippen molar-refractivity contribution in [2.75, 3.05) is 6.54 Å². The van der Waals surface area contributed by atoms with Gasteiger partial charge in [0, 0.05) is 12.6 Å². The third-order valence-corrected chi connectivity index (χ3v) is 5.13. The summed E-state index contributed by atoms with van der Waals surface area (Å²) in [6.07, 6.45) is 3.86. The summed E-state index contributed by atoms with van der Waals surface area (Å²) < 4.78 is 52.3. The van der Waals surface area contributed by atoms with Crippen LogP contribution >= 0.6 is 0 Å². The Morgan fingerprint density at radius 3 is 2.55 bits per heavy atom. The number of nitrogens with two attached hydrogens (primary N) is 1. The highest BCUT2D eigenvalue weighted by Gasteiger charge is 2.24. The van der Waals surface area contributed by atoms with Crippen LogP contribution < -0.4 is 10.5 Å². The first kappa shape index (κ1) is 15.3. The summed E-state index contributed by atoms with van der Waals surface area (Å²) in [4.78, 5) is -0.277. The van der Waals surface area contributed by atoms with Gasteiger partial charge in [-0.1, -0.05) is 12.8 Å². The third kappa shape index (κ3) is 3.53. The largest absolute Gasteiger partial charge is 0.327 e. The quantitative estimate of drug-likeness (QED) is 0.890. The van der Waals surface area contributed by atoms with Crippen molar-refractivity contribution in [3.63, 3.8) is 0 Å². The molecule has 1 aromatic rings. The van der Waals surface area contributed by atoms with Crippen molar-refractivity contribution in [1.82, 2.24) is 4.72 Å². The summed E-state index contributed by atoms with van der Waals surface area (Å²) >= 11 is 0. The van der Waals surface area contributed by atoms with Gasteiger partial charge in [-0.15, -0.1) is 0 Å². The maximum absolute atomic E-state index is 13.1. The second-order valence-corrected chi connectivity index (χ2v) is 6.90. The van der Waals surface area contributed by atoms with Gasteiger partial charge in [-0.3, -0.25) is 0 Å². The van der Waals surface area contributed by atoms with Gasteiger partial charge in [0.1, 0.15) is 0 Å². The minimum atomic E-state index is -3.83. The molecule has 0 bridgehead atoms. The molecule has 0 saturated heterocycles. The standard InChI is InChI=1S/C13H18F2N2O2S/c14-11-6-5-10(7-12(11)15)20(18,19)17-8-9-3-1-2-4-13(9)16/h5-7,9,13,17H,1-4,8,16H2. The number of halogens is 2. The van der Waals surface area contributed by atoms with Crippen LogP contribution in [0.15, 0.2) is 23.1 Å². The second-order valence-electron chi connectivity index (χ2n) is 5.14. The first-order chi connectivity index (χ1) is 9.40. The van der Waals surface area contributed by atoms with Gasteiger partial charge in [0.2, 0.25) is 10.0 Å². The van der Waals surface area contributed by atoms with E-state index in [-0.39, 0.29) is 23.4 Å². The van der Waals surface area contributed by atoms with Gasteiger partial charge in [-0.25, -0.2) is 21.9 Å². The Morgan fingerprint density at radius 1 is 1.20 bits per heavy atom. The fourth-order valence-corrected chi connectivity index (χ4v) is 3.54. The van der Waals surface area contributed by atoms with E-state index in [0.29, 0.717) is 6.07 Å². The zero-order chi connectivity index (χ0) is 14.8. The van der Waals surface area contributed by atoms with Gasteiger partial charge < -0.3 is 5.73 Å². The van der Waals surface area contributed by atoms with Crippen LogP contribution in [0.2, 0.25) is 0 Å². The van der Waals surface area contributed by atoms with Crippen LogP contribution in [0.1, 0.15) is 25.7 Å². The molecule has 0 aromatic heterocycles. The lowest BCUT2D eigenvalue weighted by Gasteiger charge is -2.28. The normalized spacial score (nSPS) is 23.8. The number of hydrogen-bond acceptors (Lipinski definition) is 3. The maximum atomic E-state index is 13.1. The van der Waals surface area contributed by atoms with Crippen molar-refractivity contribution in [2.45, 2.75) is 36.6 Å². The Bertz CT molecular complexity index is 578. The van der Waals surface area contributed by atoms with Gasteiger partial charge in [-0.05, 0) is 37.0 Å². The van der Waals surface area contributed by atoms with E-state index in [9.17, 15) is 17.2 Å². The molecule has 2 atom stereocenters. The third-order valence-electron chi connectivity index (χ3n) is 3.70. The molecule has 4 nitrogen and oxygen atoms in total. The minimum Gasteiger partial charge on any atom is -0.327 e. The van der Waals surface area contributed by atoms with Crippen molar-refractivity contribution < 1.29 is 17.2 Å². The summed E-state index contributed by atoms with van der Waals surface area (Å²) in [6, 6.07) is 2.51. The van der Waals surface area contributed by atoms with Crippen molar-refractivity contribution in [3.8, 4) is 0 Å². The fraction of sp³-hybridized carbons (Fsp3) is 0.538. The van der Waals surface area contributed by atoms with Crippen LogP contribution in [0.25, 0.3) is 0 Å². The van der Waals surface area contributed by atoms with Crippen LogP contribution in [0.4, 0.5) is 8.78 Å². The summed E-state index contributed by atoms with van der Waals surface area (Å²) in [5.41, 5.74) is 5.95. The van der Waals surface area contributed by atoms with Gasteiger partial charge in [0.05, 0.1) is 4.90 Å². The molecule has 1 fully saturated rings. The van der Waals surface area contributed by atoms with E-state index in [4.69, 9.17) is 5.73 Å². The monoisotopic (exact) mass is 304 g/mol. The summed E-state index contributed by atoms with van der Waals surface area (Å²) in [5.74, 6) is -2.16. The first-order valence-corrected chi connectivity index (χ1v) is 8.09. The van der Waals surface area contributed by atoms with Gasteiger partial charge >= 0.3 is 0 Å². The van der Waals surface area contributed by atoms with E-state index >= 15 is 0 Å². The van der Waals surface area contributed by atoms with Crippen molar-refractivity contribution in [3.05, 3.63) is 29.8 Å². The highest BCUT2D eigenvalue weighted by Crippen LogP contribution is 2.23. The lowest BCUT2D eigenvalue weighted by Crippen LogP contribution is -2.41. The highest BCUT2D eigenvalue weighted by molar-refractivity contribution is 7.89. The Kier molecular flexibility index (Phi) is 4.72. The van der Waals surface area contributed by atoms with Crippen LogP contribution in [-0.4, -0.2) is 21.0 Å². The molecule has 7 heteroatoms. The molecule has 1 saturated carbocycles. The molecule has 1 aliphatic rings. The van der Waals surface area contributed by atoms with Gasteiger partial charge in [0.15, 0.2) is 11.6 Å². The van der Waals surface area contributed by atoms with E-state index in [1.54, 1.807) is 0 Å². The average molecular weight is 304 g/mol. The zero-order valence-corrected chi connectivity index (χ0v) is 11.8. The van der Waals surface area contributed by atoms with E-state index in [1.807, 2.05) is 0 Å². The Balaban J connectivity index is 2.05. The number of rotatable bonds is 4. The molecule has 20 heavy (non-hydrogen) atoms. The Morgan fingerprint density at radius 2 is 1.90 bits per heavy atom. The van der Waals surface area contributed by atoms with Crippen LogP contribution in [0.3, 0.4) is 0 Å². The molecule has 0 aliphatic heterocycles. The molecule has 0 heterocycles. The van der Waals surface area contributed by atoms with E-state index in [0.717, 1.165) is 37.8 Å². The van der Waals surface area contributed by atoms with Gasteiger partial charge in [0.25, 0.3) is 0 Å². The zero-order valence-electron chi connectivity index (χ0n) is 11.0. The molecule has 2 unspecified atom stereocenters. The van der Waals surface area contributed by atoms with Crippen LogP contribution in [0, 0.1) is 17.6 Å². The van der Waals surface area contributed by atoms with E-state index < -0.39 is 21.7 Å². The molecule has 112 valence electrons. The number of hydrogen-bond donors (Lipinski definition) is 2. The number of benzene rings is 1. The average Bonchev–Trinajstić information content (AvgIpc) is 2.41. The summed E-state index contributed by atoms with van der Waals surface area (Å²) in [7, 11) is -3.83. The van der Waals surface area contributed by atoms with Crippen molar-refractivity contribution >= 4 is 10.0 Å². The maximum Gasteiger partial charge on any atom is 0.240 e. The van der Waals surface area contributed by atoms with E-state index in [2.05, 4.69) is 4.72 Å². The van der Waals surface area contributed by atoms with Crippen LogP contribution in [0.5, 0.6) is 0 Å². The second kappa shape index (κ2) is 6.15.